The maximum Gasteiger partial charge on any atom is 0.0621 e. The summed E-state index contributed by atoms with van der Waals surface area (Å²) < 4.78 is 0. The van der Waals surface area contributed by atoms with Gasteiger partial charge in [-0.25, -0.2) is 0 Å². The fraction of sp³-hybridized carbons (Fsp3) is 0.231. The molecule has 0 saturated heterocycles. The molecule has 1 heterocycles. The Kier molecular flexibility index (Phi) is 3.54. The van der Waals surface area contributed by atoms with Crippen LogP contribution in [0.15, 0.2) is 47.2 Å². The van der Waals surface area contributed by atoms with Crippen molar-refractivity contribution in [3.8, 4) is 0 Å². The molecule has 1 nitrogen and oxygen atoms in total. The zero-order valence-corrected chi connectivity index (χ0v) is 9.28. The molecule has 2 heteroatoms. The summed E-state index contributed by atoms with van der Waals surface area (Å²) in [6.45, 7) is 0. The third-order valence-corrected chi connectivity index (χ3v) is 3.10. The molecule has 2 aromatic rings. The van der Waals surface area contributed by atoms with Gasteiger partial charge in [0.25, 0.3) is 0 Å². The molecule has 0 fully saturated rings. The number of hydrogen-bond donors (Lipinski definition) is 1. The van der Waals surface area contributed by atoms with Crippen molar-refractivity contribution in [2.45, 2.75) is 18.9 Å². The molecule has 1 atom stereocenters. The molecule has 0 saturated carbocycles. The molecular weight excluding hydrogens is 204 g/mol. The molecular formula is C13H14OS. The third kappa shape index (κ3) is 3.18. The lowest BCUT2D eigenvalue weighted by molar-refractivity contribution is 0.175. The second-order valence-electron chi connectivity index (χ2n) is 3.68. The maximum atomic E-state index is 9.88. The predicted molar refractivity (Wildman–Crippen MR) is 64.2 cm³/mol. The minimum Gasteiger partial charge on any atom is -0.392 e. The first-order valence-electron chi connectivity index (χ1n) is 5.07. The van der Waals surface area contributed by atoms with Gasteiger partial charge in [0.2, 0.25) is 0 Å². The molecule has 0 spiro atoms. The summed E-state index contributed by atoms with van der Waals surface area (Å²) in [6, 6.07) is 12.2. The molecule has 0 amide bonds. The fourth-order valence-electron chi connectivity index (χ4n) is 1.64. The Morgan fingerprint density at radius 2 is 1.73 bits per heavy atom. The monoisotopic (exact) mass is 218 g/mol. The molecule has 0 aliphatic rings. The lowest BCUT2D eigenvalue weighted by Gasteiger charge is -2.09. The second kappa shape index (κ2) is 5.10. The zero-order valence-electron chi connectivity index (χ0n) is 8.47. The Hall–Kier alpha value is -1.12. The molecule has 0 aliphatic carbocycles. The number of hydrogen-bond acceptors (Lipinski definition) is 2. The van der Waals surface area contributed by atoms with Crippen LogP contribution in [0.5, 0.6) is 0 Å². The Bertz CT molecular complexity index is 380. The van der Waals surface area contributed by atoms with E-state index >= 15 is 0 Å². The Balaban J connectivity index is 1.90. The minimum atomic E-state index is -0.276. The zero-order chi connectivity index (χ0) is 10.5. The van der Waals surface area contributed by atoms with Gasteiger partial charge in [0, 0.05) is 0 Å². The number of rotatable bonds is 4. The van der Waals surface area contributed by atoms with Crippen LogP contribution in [-0.4, -0.2) is 11.2 Å². The molecule has 1 unspecified atom stereocenters. The highest BCUT2D eigenvalue weighted by Gasteiger charge is 2.06. The van der Waals surface area contributed by atoms with Crippen molar-refractivity contribution in [2.24, 2.45) is 0 Å². The van der Waals surface area contributed by atoms with E-state index in [1.165, 1.54) is 11.1 Å². The van der Waals surface area contributed by atoms with Gasteiger partial charge >= 0.3 is 0 Å². The fourth-order valence-corrected chi connectivity index (χ4v) is 2.32. The number of thiophene rings is 1. The van der Waals surface area contributed by atoms with Crippen molar-refractivity contribution in [1.29, 1.82) is 0 Å². The number of aliphatic hydroxyl groups is 1. The summed E-state index contributed by atoms with van der Waals surface area (Å²) in [4.78, 5) is 0. The van der Waals surface area contributed by atoms with Gasteiger partial charge in [0.1, 0.15) is 0 Å². The highest BCUT2D eigenvalue weighted by molar-refractivity contribution is 7.07. The van der Waals surface area contributed by atoms with Gasteiger partial charge in [-0.15, -0.1) is 0 Å². The van der Waals surface area contributed by atoms with E-state index in [9.17, 15) is 5.11 Å². The first-order chi connectivity index (χ1) is 7.34. The molecule has 0 aliphatic heterocycles. The van der Waals surface area contributed by atoms with Gasteiger partial charge < -0.3 is 5.11 Å². The summed E-state index contributed by atoms with van der Waals surface area (Å²) in [6.07, 6.45) is 1.21. The van der Waals surface area contributed by atoms with Crippen LogP contribution in [-0.2, 0) is 12.8 Å². The molecule has 0 bridgehead atoms. The molecule has 78 valence electrons. The Labute approximate surface area is 94.0 Å². The molecule has 1 aromatic heterocycles. The van der Waals surface area contributed by atoms with Crippen LogP contribution in [0, 0.1) is 0 Å². The van der Waals surface area contributed by atoms with Crippen molar-refractivity contribution in [1.82, 2.24) is 0 Å². The third-order valence-electron chi connectivity index (χ3n) is 2.37. The molecule has 2 rings (SSSR count). The van der Waals surface area contributed by atoms with E-state index < -0.39 is 0 Å². The highest BCUT2D eigenvalue weighted by Crippen LogP contribution is 2.11. The molecule has 0 radical (unpaired) electrons. The molecule has 15 heavy (non-hydrogen) atoms. The molecule has 1 N–H and O–H groups in total. The lowest BCUT2D eigenvalue weighted by Crippen LogP contribution is -2.13. The SMILES string of the molecule is OC(Cc1ccccc1)Cc1ccsc1. The van der Waals surface area contributed by atoms with Gasteiger partial charge in [-0.05, 0) is 40.8 Å². The lowest BCUT2D eigenvalue weighted by atomic mass is 10.0. The Morgan fingerprint density at radius 1 is 1.00 bits per heavy atom. The van der Waals surface area contributed by atoms with Crippen LogP contribution in [0.4, 0.5) is 0 Å². The topological polar surface area (TPSA) is 20.2 Å². The average molecular weight is 218 g/mol. The van der Waals surface area contributed by atoms with Crippen LogP contribution >= 0.6 is 11.3 Å². The van der Waals surface area contributed by atoms with Crippen LogP contribution in [0.25, 0.3) is 0 Å². The van der Waals surface area contributed by atoms with Crippen molar-refractivity contribution < 1.29 is 5.11 Å². The Morgan fingerprint density at radius 3 is 2.40 bits per heavy atom. The van der Waals surface area contributed by atoms with E-state index in [0.29, 0.717) is 0 Å². The van der Waals surface area contributed by atoms with Gasteiger partial charge in [-0.1, -0.05) is 30.3 Å². The van der Waals surface area contributed by atoms with Crippen LogP contribution in [0.1, 0.15) is 11.1 Å². The first-order valence-corrected chi connectivity index (χ1v) is 6.02. The smallest absolute Gasteiger partial charge is 0.0621 e. The normalized spacial score (nSPS) is 12.6. The average Bonchev–Trinajstić information content (AvgIpc) is 2.71. The van der Waals surface area contributed by atoms with Gasteiger partial charge in [-0.2, -0.15) is 11.3 Å². The van der Waals surface area contributed by atoms with Gasteiger partial charge in [0.15, 0.2) is 0 Å². The highest BCUT2D eigenvalue weighted by atomic mass is 32.1. The van der Waals surface area contributed by atoms with E-state index in [-0.39, 0.29) is 6.10 Å². The van der Waals surface area contributed by atoms with Crippen LogP contribution < -0.4 is 0 Å². The van der Waals surface area contributed by atoms with Gasteiger partial charge in [-0.3, -0.25) is 0 Å². The standard InChI is InChI=1S/C13H14OS/c14-13(9-12-6-7-15-10-12)8-11-4-2-1-3-5-11/h1-7,10,13-14H,8-9H2. The van der Waals surface area contributed by atoms with Crippen molar-refractivity contribution in [3.05, 3.63) is 58.3 Å². The van der Waals surface area contributed by atoms with E-state index in [1.807, 2.05) is 23.6 Å². The number of benzene rings is 1. The van der Waals surface area contributed by atoms with E-state index in [0.717, 1.165) is 12.8 Å². The van der Waals surface area contributed by atoms with E-state index in [4.69, 9.17) is 0 Å². The van der Waals surface area contributed by atoms with E-state index in [2.05, 4.69) is 23.6 Å². The van der Waals surface area contributed by atoms with E-state index in [1.54, 1.807) is 11.3 Å². The summed E-state index contributed by atoms with van der Waals surface area (Å²) in [5.41, 5.74) is 2.42. The largest absolute Gasteiger partial charge is 0.392 e. The summed E-state index contributed by atoms with van der Waals surface area (Å²) in [5.74, 6) is 0. The van der Waals surface area contributed by atoms with Crippen molar-refractivity contribution in [3.63, 3.8) is 0 Å². The molecule has 1 aromatic carbocycles. The second-order valence-corrected chi connectivity index (χ2v) is 4.46. The maximum absolute atomic E-state index is 9.88. The van der Waals surface area contributed by atoms with Gasteiger partial charge in [0.05, 0.1) is 6.10 Å². The number of aliphatic hydroxyl groups excluding tert-OH is 1. The summed E-state index contributed by atoms with van der Waals surface area (Å²) in [7, 11) is 0. The van der Waals surface area contributed by atoms with Crippen LogP contribution in [0.3, 0.4) is 0 Å². The summed E-state index contributed by atoms with van der Waals surface area (Å²) >= 11 is 1.68. The van der Waals surface area contributed by atoms with Crippen LogP contribution in [0.2, 0.25) is 0 Å². The first kappa shape index (κ1) is 10.4. The summed E-state index contributed by atoms with van der Waals surface area (Å²) in [5, 5.41) is 14.0. The quantitative estimate of drug-likeness (QED) is 0.836. The predicted octanol–water partition coefficient (Wildman–Crippen LogP) is 2.89. The minimum absolute atomic E-state index is 0.276. The van der Waals surface area contributed by atoms with Crippen molar-refractivity contribution in [2.75, 3.05) is 0 Å². The van der Waals surface area contributed by atoms with Crippen molar-refractivity contribution >= 4 is 11.3 Å².